The van der Waals surface area contributed by atoms with Crippen LogP contribution in [0.2, 0.25) is 0 Å². The fourth-order valence-corrected chi connectivity index (χ4v) is 3.72. The molecule has 9 nitrogen and oxygen atoms in total. The van der Waals surface area contributed by atoms with Crippen molar-refractivity contribution in [2.45, 2.75) is 20.4 Å². The molecule has 1 saturated heterocycles. The highest BCUT2D eigenvalue weighted by Gasteiger charge is 2.27. The lowest BCUT2D eigenvalue weighted by Gasteiger charge is -2.36. The molecule has 4 rings (SSSR count). The van der Waals surface area contributed by atoms with Crippen molar-refractivity contribution in [1.29, 1.82) is 0 Å². The number of aromatic nitrogens is 3. The van der Waals surface area contributed by atoms with Gasteiger partial charge >= 0.3 is 0 Å². The molecule has 3 heterocycles. The van der Waals surface area contributed by atoms with Crippen molar-refractivity contribution >= 4 is 22.5 Å². The standard InChI is InChI=1S/C20H23N5O4/c1-13-18(14(2)29-22-13)20(28)24-7-5-23(6-8-24)15-3-4-16-17(11-15)21-12-25(9-10-26)19(16)27/h3-4,11-12,26H,5-10H2,1-2H3. The van der Waals surface area contributed by atoms with E-state index in [0.29, 0.717) is 54.1 Å². The van der Waals surface area contributed by atoms with E-state index in [4.69, 9.17) is 9.63 Å². The Balaban J connectivity index is 1.50. The van der Waals surface area contributed by atoms with Crippen LogP contribution in [0, 0.1) is 13.8 Å². The number of anilines is 1. The second kappa shape index (κ2) is 7.67. The molecule has 1 aliphatic heterocycles. The number of carbonyl (C=O) groups is 1. The number of aryl methyl sites for hydroxylation is 2. The van der Waals surface area contributed by atoms with Crippen LogP contribution in [0.1, 0.15) is 21.8 Å². The maximum absolute atomic E-state index is 12.8. The number of hydrogen-bond acceptors (Lipinski definition) is 7. The quantitative estimate of drug-likeness (QED) is 0.699. The third kappa shape index (κ3) is 3.49. The number of rotatable bonds is 4. The van der Waals surface area contributed by atoms with Gasteiger partial charge in [0.1, 0.15) is 11.3 Å². The van der Waals surface area contributed by atoms with E-state index in [2.05, 4.69) is 15.0 Å². The van der Waals surface area contributed by atoms with E-state index in [1.807, 2.05) is 17.0 Å². The number of hydrogen-bond donors (Lipinski definition) is 1. The van der Waals surface area contributed by atoms with Crippen molar-refractivity contribution in [3.8, 4) is 0 Å². The number of piperazine rings is 1. The van der Waals surface area contributed by atoms with E-state index in [9.17, 15) is 9.59 Å². The smallest absolute Gasteiger partial charge is 0.261 e. The van der Waals surface area contributed by atoms with Gasteiger partial charge in [0.2, 0.25) is 0 Å². The fourth-order valence-electron chi connectivity index (χ4n) is 3.72. The van der Waals surface area contributed by atoms with Crippen LogP contribution in [0.25, 0.3) is 10.9 Å². The highest BCUT2D eigenvalue weighted by atomic mass is 16.5. The summed E-state index contributed by atoms with van der Waals surface area (Å²) in [5.74, 6) is 0.493. The summed E-state index contributed by atoms with van der Waals surface area (Å²) < 4.78 is 6.52. The number of aliphatic hydroxyl groups is 1. The summed E-state index contributed by atoms with van der Waals surface area (Å²) >= 11 is 0. The molecule has 0 bridgehead atoms. The average Bonchev–Trinajstić information content (AvgIpc) is 3.07. The van der Waals surface area contributed by atoms with Gasteiger partial charge in [-0.1, -0.05) is 5.16 Å². The van der Waals surface area contributed by atoms with Crippen molar-refractivity contribution in [2.75, 3.05) is 37.7 Å². The van der Waals surface area contributed by atoms with Crippen LogP contribution in [-0.4, -0.2) is 63.4 Å². The van der Waals surface area contributed by atoms with E-state index in [-0.39, 0.29) is 24.6 Å². The maximum atomic E-state index is 12.8. The van der Waals surface area contributed by atoms with Crippen molar-refractivity contribution in [2.24, 2.45) is 0 Å². The molecule has 2 aromatic heterocycles. The van der Waals surface area contributed by atoms with Crippen molar-refractivity contribution < 1.29 is 14.4 Å². The minimum Gasteiger partial charge on any atom is -0.395 e. The van der Waals surface area contributed by atoms with Crippen LogP contribution in [0.3, 0.4) is 0 Å². The van der Waals surface area contributed by atoms with Gasteiger partial charge in [0.25, 0.3) is 11.5 Å². The molecule has 152 valence electrons. The summed E-state index contributed by atoms with van der Waals surface area (Å²) in [6, 6.07) is 5.57. The van der Waals surface area contributed by atoms with E-state index in [1.54, 1.807) is 19.9 Å². The summed E-state index contributed by atoms with van der Waals surface area (Å²) in [4.78, 5) is 33.6. The van der Waals surface area contributed by atoms with E-state index < -0.39 is 0 Å². The number of benzene rings is 1. The van der Waals surface area contributed by atoms with E-state index in [0.717, 1.165) is 5.69 Å². The molecule has 29 heavy (non-hydrogen) atoms. The Labute approximate surface area is 167 Å². The first-order valence-corrected chi connectivity index (χ1v) is 9.56. The molecule has 0 saturated carbocycles. The van der Waals surface area contributed by atoms with Crippen molar-refractivity contribution in [1.82, 2.24) is 19.6 Å². The monoisotopic (exact) mass is 397 g/mol. The molecule has 1 N–H and O–H groups in total. The highest BCUT2D eigenvalue weighted by Crippen LogP contribution is 2.22. The van der Waals surface area contributed by atoms with Crippen molar-refractivity contribution in [3.63, 3.8) is 0 Å². The zero-order chi connectivity index (χ0) is 20.5. The maximum Gasteiger partial charge on any atom is 0.261 e. The Morgan fingerprint density at radius 2 is 1.97 bits per heavy atom. The summed E-state index contributed by atoms with van der Waals surface area (Å²) in [5.41, 5.74) is 2.59. The SMILES string of the molecule is Cc1noc(C)c1C(=O)N1CCN(c2ccc3c(=O)n(CCO)cnc3c2)CC1. The summed E-state index contributed by atoms with van der Waals surface area (Å²) in [6.45, 7) is 6.19. The lowest BCUT2D eigenvalue weighted by atomic mass is 10.1. The molecular weight excluding hydrogens is 374 g/mol. The first-order valence-electron chi connectivity index (χ1n) is 9.56. The van der Waals surface area contributed by atoms with Gasteiger partial charge in [0.05, 0.1) is 36.1 Å². The van der Waals surface area contributed by atoms with Crippen LogP contribution in [0.15, 0.2) is 33.8 Å². The fraction of sp³-hybridized carbons (Fsp3) is 0.400. The molecule has 1 fully saturated rings. The van der Waals surface area contributed by atoms with Crippen LogP contribution < -0.4 is 10.5 Å². The predicted molar refractivity (Wildman–Crippen MR) is 107 cm³/mol. The molecule has 0 atom stereocenters. The van der Waals surface area contributed by atoms with Gasteiger partial charge in [0.15, 0.2) is 0 Å². The second-order valence-corrected chi connectivity index (χ2v) is 7.15. The molecular formula is C20H23N5O4. The molecule has 0 unspecified atom stereocenters. The average molecular weight is 397 g/mol. The number of amides is 1. The summed E-state index contributed by atoms with van der Waals surface area (Å²) in [6.07, 6.45) is 1.46. The first kappa shape index (κ1) is 19.1. The summed E-state index contributed by atoms with van der Waals surface area (Å²) in [7, 11) is 0. The number of carbonyl (C=O) groups excluding carboxylic acids is 1. The van der Waals surface area contributed by atoms with E-state index >= 15 is 0 Å². The lowest BCUT2D eigenvalue weighted by molar-refractivity contribution is 0.0744. The molecule has 9 heteroatoms. The summed E-state index contributed by atoms with van der Waals surface area (Å²) in [5, 5.41) is 13.4. The van der Waals surface area contributed by atoms with Gasteiger partial charge in [-0.2, -0.15) is 0 Å². The number of fused-ring (bicyclic) bond motifs is 1. The van der Waals surface area contributed by atoms with E-state index in [1.165, 1.54) is 10.9 Å². The minimum atomic E-state index is -0.162. The van der Waals surface area contributed by atoms with Gasteiger partial charge in [-0.05, 0) is 32.0 Å². The Kier molecular flexibility index (Phi) is 5.06. The lowest BCUT2D eigenvalue weighted by Crippen LogP contribution is -2.49. The Morgan fingerprint density at radius 3 is 2.62 bits per heavy atom. The molecule has 0 aliphatic carbocycles. The zero-order valence-corrected chi connectivity index (χ0v) is 16.5. The third-order valence-corrected chi connectivity index (χ3v) is 5.33. The molecule has 0 radical (unpaired) electrons. The van der Waals surface area contributed by atoms with Gasteiger partial charge in [-0.15, -0.1) is 0 Å². The molecule has 1 amide bonds. The normalized spacial score (nSPS) is 14.6. The van der Waals surface area contributed by atoms with Crippen LogP contribution in [0.4, 0.5) is 5.69 Å². The van der Waals surface area contributed by atoms with Crippen molar-refractivity contribution in [3.05, 3.63) is 51.9 Å². The van der Waals surface area contributed by atoms with Gasteiger partial charge in [0, 0.05) is 31.9 Å². The molecule has 3 aromatic rings. The van der Waals surface area contributed by atoms with Gasteiger partial charge in [-0.3, -0.25) is 14.2 Å². The third-order valence-electron chi connectivity index (χ3n) is 5.33. The highest BCUT2D eigenvalue weighted by molar-refractivity contribution is 5.96. The van der Waals surface area contributed by atoms with Crippen LogP contribution >= 0.6 is 0 Å². The largest absolute Gasteiger partial charge is 0.395 e. The Bertz CT molecular complexity index is 1090. The topological polar surface area (TPSA) is 105 Å². The van der Waals surface area contributed by atoms with Crippen LogP contribution in [-0.2, 0) is 6.54 Å². The molecule has 0 spiro atoms. The number of nitrogens with zero attached hydrogens (tertiary/aromatic N) is 5. The Morgan fingerprint density at radius 1 is 1.21 bits per heavy atom. The predicted octanol–water partition coefficient (Wildman–Crippen LogP) is 0.956. The second-order valence-electron chi connectivity index (χ2n) is 7.15. The van der Waals surface area contributed by atoms with Gasteiger partial charge < -0.3 is 19.4 Å². The Hall–Kier alpha value is -3.20. The molecule has 1 aromatic carbocycles. The minimum absolute atomic E-state index is 0.0505. The zero-order valence-electron chi connectivity index (χ0n) is 16.5. The number of aliphatic hydroxyl groups excluding tert-OH is 1. The van der Waals surface area contributed by atoms with Gasteiger partial charge in [-0.25, -0.2) is 4.98 Å². The molecule has 1 aliphatic rings. The van der Waals surface area contributed by atoms with Crippen LogP contribution in [0.5, 0.6) is 0 Å². The first-order chi connectivity index (χ1) is 14.0.